The maximum atomic E-state index is 10.9. The van der Waals surface area contributed by atoms with Gasteiger partial charge in [-0.05, 0) is 17.7 Å². The summed E-state index contributed by atoms with van der Waals surface area (Å²) in [6.45, 7) is 1.41. The zero-order chi connectivity index (χ0) is 12.1. The fraction of sp³-hybridized carbons (Fsp3) is 0.250. The van der Waals surface area contributed by atoms with E-state index in [0.717, 1.165) is 23.6 Å². The fourth-order valence-electron chi connectivity index (χ4n) is 1.52. The van der Waals surface area contributed by atoms with Crippen LogP contribution in [0.4, 0.5) is 0 Å². The molecule has 1 heterocycles. The molecule has 90 valence electrons. The Morgan fingerprint density at radius 3 is 3.00 bits per heavy atom. The van der Waals surface area contributed by atoms with Gasteiger partial charge in [-0.25, -0.2) is 0 Å². The highest BCUT2D eigenvalue weighted by molar-refractivity contribution is 7.07. The second-order valence-corrected chi connectivity index (χ2v) is 4.47. The number of methoxy groups -OCH3 is 1. The molecular weight excluding hydrogens is 236 g/mol. The van der Waals surface area contributed by atoms with Crippen LogP contribution in [0.1, 0.15) is 11.3 Å². The summed E-state index contributed by atoms with van der Waals surface area (Å²) >= 11 is 1.19. The Hall–Kier alpha value is -1.59. The molecule has 17 heavy (non-hydrogen) atoms. The molecule has 0 aliphatic heterocycles. The second-order valence-electron chi connectivity index (χ2n) is 3.63. The van der Waals surface area contributed by atoms with Gasteiger partial charge in [0.25, 0.3) is 0 Å². The average Bonchev–Trinajstić information content (AvgIpc) is 2.75. The van der Waals surface area contributed by atoms with E-state index in [0.29, 0.717) is 6.54 Å². The molecule has 0 spiro atoms. The molecule has 2 rings (SSSR count). The van der Waals surface area contributed by atoms with Crippen LogP contribution in [0, 0.1) is 0 Å². The predicted octanol–water partition coefficient (Wildman–Crippen LogP) is 1.73. The second kappa shape index (κ2) is 5.65. The third-order valence-corrected chi connectivity index (χ3v) is 3.07. The Balaban J connectivity index is 1.87. The number of aromatic amines is 1. The number of aromatic nitrogens is 1. The maximum absolute atomic E-state index is 10.9. The molecule has 2 N–H and O–H groups in total. The Morgan fingerprint density at radius 1 is 1.41 bits per heavy atom. The van der Waals surface area contributed by atoms with Crippen LogP contribution < -0.4 is 14.9 Å². The number of ether oxygens (including phenoxy) is 1. The van der Waals surface area contributed by atoms with Crippen LogP contribution in [0.2, 0.25) is 0 Å². The van der Waals surface area contributed by atoms with Crippen LogP contribution in [0.25, 0.3) is 0 Å². The van der Waals surface area contributed by atoms with Crippen molar-refractivity contribution in [2.24, 2.45) is 0 Å². The third kappa shape index (κ3) is 3.44. The van der Waals surface area contributed by atoms with E-state index in [4.69, 9.17) is 4.74 Å². The molecule has 0 saturated carbocycles. The summed E-state index contributed by atoms with van der Waals surface area (Å²) in [5.41, 5.74) is 2.07. The lowest BCUT2D eigenvalue weighted by Gasteiger charge is -2.05. The van der Waals surface area contributed by atoms with Crippen molar-refractivity contribution >= 4 is 11.3 Å². The molecule has 2 aromatic rings. The van der Waals surface area contributed by atoms with E-state index in [-0.39, 0.29) is 4.87 Å². The van der Waals surface area contributed by atoms with Crippen molar-refractivity contribution in [1.29, 1.82) is 0 Å². The standard InChI is InChI=1S/C12H14N2O2S/c1-16-11-4-2-3-9(5-11)6-13-7-10-8-17-12(15)14-10/h2-5,8,13H,6-7H2,1H3,(H,14,15). The van der Waals surface area contributed by atoms with Crippen molar-refractivity contribution < 1.29 is 4.74 Å². The van der Waals surface area contributed by atoms with E-state index in [1.54, 1.807) is 7.11 Å². The summed E-state index contributed by atoms with van der Waals surface area (Å²) in [4.78, 5) is 13.7. The van der Waals surface area contributed by atoms with Gasteiger partial charge in [0.2, 0.25) is 0 Å². The summed E-state index contributed by atoms with van der Waals surface area (Å²) in [7, 11) is 1.66. The van der Waals surface area contributed by atoms with Crippen LogP contribution >= 0.6 is 11.3 Å². The Bertz CT molecular complexity index is 533. The summed E-state index contributed by atoms with van der Waals surface area (Å²) in [6, 6.07) is 7.90. The van der Waals surface area contributed by atoms with E-state index in [1.165, 1.54) is 11.3 Å². The van der Waals surface area contributed by atoms with Crippen LogP contribution in [-0.4, -0.2) is 12.1 Å². The number of hydrogen-bond acceptors (Lipinski definition) is 4. The van der Waals surface area contributed by atoms with Crippen molar-refractivity contribution in [3.8, 4) is 5.75 Å². The number of benzene rings is 1. The Labute approximate surface area is 103 Å². The summed E-state index contributed by atoms with van der Waals surface area (Å²) in [5, 5.41) is 5.10. The molecular formula is C12H14N2O2S. The molecule has 4 nitrogen and oxygen atoms in total. The summed E-state index contributed by atoms with van der Waals surface area (Å²) in [5.74, 6) is 0.855. The van der Waals surface area contributed by atoms with Crippen LogP contribution in [0.5, 0.6) is 5.75 Å². The molecule has 0 amide bonds. The van der Waals surface area contributed by atoms with Gasteiger partial charge in [0.15, 0.2) is 0 Å². The van der Waals surface area contributed by atoms with Crippen molar-refractivity contribution in [2.75, 3.05) is 7.11 Å². The van der Waals surface area contributed by atoms with Gasteiger partial charge >= 0.3 is 4.87 Å². The zero-order valence-electron chi connectivity index (χ0n) is 9.53. The first-order chi connectivity index (χ1) is 8.28. The van der Waals surface area contributed by atoms with Gasteiger partial charge in [-0.1, -0.05) is 23.5 Å². The highest BCUT2D eigenvalue weighted by Crippen LogP contribution is 2.12. The average molecular weight is 250 g/mol. The maximum Gasteiger partial charge on any atom is 0.304 e. The fourth-order valence-corrected chi connectivity index (χ4v) is 2.11. The highest BCUT2D eigenvalue weighted by Gasteiger charge is 1.98. The predicted molar refractivity (Wildman–Crippen MR) is 68.5 cm³/mol. The minimum atomic E-state index is -0.0109. The lowest BCUT2D eigenvalue weighted by Crippen LogP contribution is -2.13. The monoisotopic (exact) mass is 250 g/mol. The first-order valence-electron chi connectivity index (χ1n) is 5.28. The van der Waals surface area contributed by atoms with E-state index in [9.17, 15) is 4.79 Å². The van der Waals surface area contributed by atoms with E-state index >= 15 is 0 Å². The summed E-state index contributed by atoms with van der Waals surface area (Å²) in [6.07, 6.45) is 0. The Kier molecular flexibility index (Phi) is 3.95. The molecule has 0 saturated heterocycles. The molecule has 1 aromatic heterocycles. The molecule has 0 bridgehead atoms. The normalized spacial score (nSPS) is 10.4. The van der Waals surface area contributed by atoms with Crippen molar-refractivity contribution in [3.05, 3.63) is 50.6 Å². The van der Waals surface area contributed by atoms with Gasteiger partial charge in [0.05, 0.1) is 7.11 Å². The molecule has 0 unspecified atom stereocenters. The van der Waals surface area contributed by atoms with Crippen LogP contribution in [-0.2, 0) is 13.1 Å². The van der Waals surface area contributed by atoms with Crippen molar-refractivity contribution in [3.63, 3.8) is 0 Å². The molecule has 5 heteroatoms. The molecule has 1 aromatic carbocycles. The quantitative estimate of drug-likeness (QED) is 0.849. The highest BCUT2D eigenvalue weighted by atomic mass is 32.1. The number of nitrogens with one attached hydrogen (secondary N) is 2. The SMILES string of the molecule is COc1cccc(CNCc2csc(=O)[nH]2)c1. The molecule has 0 fully saturated rings. The van der Waals surface area contributed by atoms with E-state index < -0.39 is 0 Å². The smallest absolute Gasteiger partial charge is 0.304 e. The topological polar surface area (TPSA) is 54.1 Å². The van der Waals surface area contributed by atoms with Crippen molar-refractivity contribution in [1.82, 2.24) is 10.3 Å². The van der Waals surface area contributed by atoms with Crippen LogP contribution in [0.3, 0.4) is 0 Å². The van der Waals surface area contributed by atoms with Crippen molar-refractivity contribution in [2.45, 2.75) is 13.1 Å². The third-order valence-electron chi connectivity index (χ3n) is 2.35. The van der Waals surface area contributed by atoms with Gasteiger partial charge in [-0.2, -0.15) is 0 Å². The van der Waals surface area contributed by atoms with Gasteiger partial charge in [-0.3, -0.25) is 4.79 Å². The minimum Gasteiger partial charge on any atom is -0.497 e. The van der Waals surface area contributed by atoms with Gasteiger partial charge in [0.1, 0.15) is 5.75 Å². The first-order valence-corrected chi connectivity index (χ1v) is 6.16. The zero-order valence-corrected chi connectivity index (χ0v) is 10.3. The first kappa shape index (κ1) is 11.9. The minimum absolute atomic E-state index is 0.0109. The van der Waals surface area contributed by atoms with E-state index in [1.807, 2.05) is 29.6 Å². The molecule has 0 aliphatic rings. The number of hydrogen-bond donors (Lipinski definition) is 2. The number of rotatable bonds is 5. The number of H-pyrrole nitrogens is 1. The number of thiazole rings is 1. The van der Waals surface area contributed by atoms with Gasteiger partial charge in [-0.15, -0.1) is 0 Å². The summed E-state index contributed by atoms with van der Waals surface area (Å²) < 4.78 is 5.15. The van der Waals surface area contributed by atoms with E-state index in [2.05, 4.69) is 10.3 Å². The lowest BCUT2D eigenvalue weighted by molar-refractivity contribution is 0.414. The van der Waals surface area contributed by atoms with Gasteiger partial charge < -0.3 is 15.0 Å². The van der Waals surface area contributed by atoms with Crippen LogP contribution in [0.15, 0.2) is 34.4 Å². The molecule has 0 aliphatic carbocycles. The molecule has 0 atom stereocenters. The Morgan fingerprint density at radius 2 is 2.29 bits per heavy atom. The lowest BCUT2D eigenvalue weighted by atomic mass is 10.2. The van der Waals surface area contributed by atoms with Gasteiger partial charge in [0, 0.05) is 24.2 Å². The largest absolute Gasteiger partial charge is 0.497 e. The molecule has 0 radical (unpaired) electrons.